The number of hydrogen-bond donors (Lipinski definition) is 1. The van der Waals surface area contributed by atoms with Crippen molar-refractivity contribution in [1.82, 2.24) is 14.8 Å². The number of aryl methyl sites for hydroxylation is 2. The molecular weight excluding hydrogens is 541 g/mol. The molecule has 0 aliphatic carbocycles. The molecule has 7 nitrogen and oxygen atoms in total. The second-order valence-electron chi connectivity index (χ2n) is 9.35. The van der Waals surface area contributed by atoms with Gasteiger partial charge in [-0.3, -0.25) is 4.79 Å². The van der Waals surface area contributed by atoms with Crippen LogP contribution in [0.15, 0.2) is 48.5 Å². The fourth-order valence-electron chi connectivity index (χ4n) is 4.57. The van der Waals surface area contributed by atoms with Crippen LogP contribution in [0.5, 0.6) is 0 Å². The number of carbonyl (C=O) groups excluding carboxylic acids is 1. The van der Waals surface area contributed by atoms with Crippen molar-refractivity contribution in [2.24, 2.45) is 0 Å². The molecule has 5 rings (SSSR count). The van der Waals surface area contributed by atoms with Crippen LogP contribution in [-0.2, 0) is 16.0 Å². The van der Waals surface area contributed by atoms with Crippen molar-refractivity contribution in [1.29, 1.82) is 0 Å². The van der Waals surface area contributed by atoms with Gasteiger partial charge in [-0.25, -0.2) is 18.1 Å². The number of nitrogens with one attached hydrogen (secondary N) is 1. The van der Waals surface area contributed by atoms with Gasteiger partial charge in [0.25, 0.3) is 5.91 Å². The molecule has 1 fully saturated rings. The number of benzene rings is 2. The summed E-state index contributed by atoms with van der Waals surface area (Å²) in [5.41, 5.74) is 1.89. The van der Waals surface area contributed by atoms with Crippen molar-refractivity contribution >= 4 is 44.1 Å². The predicted molar refractivity (Wildman–Crippen MR) is 139 cm³/mol. The number of nitrogens with zero attached hydrogens (tertiary/aromatic N) is 3. The summed E-state index contributed by atoms with van der Waals surface area (Å²) in [4.78, 5) is 18.3. The van der Waals surface area contributed by atoms with Crippen LogP contribution in [-0.4, -0.2) is 40.6 Å². The Labute approximate surface area is 221 Å². The summed E-state index contributed by atoms with van der Waals surface area (Å²) >= 11 is 6.12. The Hall–Kier alpha value is -3.44. The number of hydrogen-bond acceptors (Lipinski definition) is 5. The summed E-state index contributed by atoms with van der Waals surface area (Å²) in [6.45, 7) is 3.60. The van der Waals surface area contributed by atoms with Crippen LogP contribution < -0.4 is 5.32 Å². The molecule has 198 valence electrons. The van der Waals surface area contributed by atoms with E-state index in [2.05, 4.69) is 10.4 Å². The molecule has 0 saturated carbocycles. The van der Waals surface area contributed by atoms with Crippen LogP contribution in [0.3, 0.4) is 0 Å². The second-order valence-corrected chi connectivity index (χ2v) is 12.0. The molecule has 0 spiro atoms. The van der Waals surface area contributed by atoms with Crippen LogP contribution >= 0.6 is 11.6 Å². The van der Waals surface area contributed by atoms with E-state index in [1.807, 2.05) is 31.2 Å². The summed E-state index contributed by atoms with van der Waals surface area (Å²) in [6.07, 6.45) is -4.26. The quantitative estimate of drug-likeness (QED) is 0.329. The minimum absolute atomic E-state index is 0.0249. The lowest BCUT2D eigenvalue weighted by Crippen LogP contribution is -2.16. The van der Waals surface area contributed by atoms with Gasteiger partial charge in [0.1, 0.15) is 0 Å². The van der Waals surface area contributed by atoms with Crippen LogP contribution in [0.1, 0.15) is 39.6 Å². The van der Waals surface area contributed by atoms with E-state index in [4.69, 9.17) is 16.6 Å². The van der Waals surface area contributed by atoms with Crippen LogP contribution in [0, 0.1) is 13.8 Å². The number of aromatic nitrogens is 3. The lowest BCUT2D eigenvalue weighted by atomic mass is 10.0. The molecule has 12 heteroatoms. The third-order valence-corrected chi connectivity index (χ3v) is 8.60. The van der Waals surface area contributed by atoms with E-state index in [1.165, 1.54) is 0 Å². The molecular formula is C26H22ClF3N4O3S. The average molecular weight is 563 g/mol. The van der Waals surface area contributed by atoms with Gasteiger partial charge >= 0.3 is 6.18 Å². The van der Waals surface area contributed by atoms with Crippen LogP contribution in [0.2, 0.25) is 5.02 Å². The highest BCUT2D eigenvalue weighted by molar-refractivity contribution is 7.91. The molecule has 1 N–H and O–H groups in total. The van der Waals surface area contributed by atoms with Crippen LogP contribution in [0.4, 0.5) is 18.9 Å². The molecule has 1 aliphatic heterocycles. The summed E-state index contributed by atoms with van der Waals surface area (Å²) in [6, 6.07) is 11.2. The minimum atomic E-state index is -4.62. The first-order valence-electron chi connectivity index (χ1n) is 11.7. The standard InChI is InChI=1S/C26H22ClF3N4O3S/c1-14-3-5-16(6-4-14)21-12-19(25(35)32-22-11-17(26(28,29)30)7-8-20(22)27)23-15(2)33-34(24(23)31-21)18-9-10-38(36,37)13-18/h3-8,11-12,18H,9-10,13H2,1-2H3,(H,32,35). The highest BCUT2D eigenvalue weighted by atomic mass is 35.5. The molecule has 1 aliphatic rings. The number of anilines is 1. The first kappa shape index (κ1) is 26.2. The summed E-state index contributed by atoms with van der Waals surface area (Å²) in [7, 11) is -3.23. The fourth-order valence-corrected chi connectivity index (χ4v) is 6.43. The molecule has 0 bridgehead atoms. The number of sulfone groups is 1. The number of amides is 1. The number of rotatable bonds is 4. The summed E-state index contributed by atoms with van der Waals surface area (Å²) in [5, 5.41) is 7.37. The highest BCUT2D eigenvalue weighted by Crippen LogP contribution is 2.36. The van der Waals surface area contributed by atoms with E-state index in [-0.39, 0.29) is 27.8 Å². The third-order valence-electron chi connectivity index (χ3n) is 6.53. The first-order chi connectivity index (χ1) is 17.8. The Kier molecular flexibility index (Phi) is 6.47. The van der Waals surface area contributed by atoms with Gasteiger partial charge in [0.2, 0.25) is 0 Å². The van der Waals surface area contributed by atoms with E-state index in [1.54, 1.807) is 17.7 Å². The van der Waals surface area contributed by atoms with Gasteiger partial charge in [0.15, 0.2) is 15.5 Å². The third kappa shape index (κ3) is 5.00. The maximum absolute atomic E-state index is 13.6. The van der Waals surface area contributed by atoms with Crippen molar-refractivity contribution in [3.05, 3.63) is 75.9 Å². The van der Waals surface area contributed by atoms with Crippen molar-refractivity contribution < 1.29 is 26.4 Å². The monoisotopic (exact) mass is 562 g/mol. The highest BCUT2D eigenvalue weighted by Gasteiger charge is 2.33. The summed E-state index contributed by atoms with van der Waals surface area (Å²) < 4.78 is 65.7. The molecule has 38 heavy (non-hydrogen) atoms. The van der Waals surface area contributed by atoms with Gasteiger partial charge in [0.05, 0.1) is 56.2 Å². The first-order valence-corrected chi connectivity index (χ1v) is 13.9. The molecule has 2 aromatic carbocycles. The SMILES string of the molecule is Cc1ccc(-c2cc(C(=O)Nc3cc(C(F)(F)F)ccc3Cl)c3c(C)nn(C4CCS(=O)(=O)C4)c3n2)cc1. The Balaban J connectivity index is 1.66. The van der Waals surface area contributed by atoms with Gasteiger partial charge in [-0.1, -0.05) is 41.4 Å². The van der Waals surface area contributed by atoms with Crippen molar-refractivity contribution in [2.75, 3.05) is 16.8 Å². The zero-order valence-corrected chi connectivity index (χ0v) is 21.9. The molecule has 0 radical (unpaired) electrons. The molecule has 1 atom stereocenters. The zero-order chi connectivity index (χ0) is 27.4. The average Bonchev–Trinajstić information content (AvgIpc) is 3.38. The van der Waals surface area contributed by atoms with E-state index >= 15 is 0 Å². The molecule has 2 aromatic heterocycles. The van der Waals surface area contributed by atoms with Gasteiger partial charge in [-0.2, -0.15) is 18.3 Å². The van der Waals surface area contributed by atoms with E-state index in [0.717, 1.165) is 23.8 Å². The maximum Gasteiger partial charge on any atom is 0.416 e. The van der Waals surface area contributed by atoms with Gasteiger partial charge < -0.3 is 5.32 Å². The van der Waals surface area contributed by atoms with Crippen molar-refractivity contribution in [3.8, 4) is 11.3 Å². The number of halogens is 4. The Morgan fingerprint density at radius 2 is 1.82 bits per heavy atom. The molecule has 1 unspecified atom stereocenters. The number of alkyl halides is 3. The molecule has 1 amide bonds. The van der Waals surface area contributed by atoms with E-state index in [0.29, 0.717) is 34.4 Å². The van der Waals surface area contributed by atoms with Gasteiger partial charge in [0, 0.05) is 5.56 Å². The topological polar surface area (TPSA) is 94.0 Å². The van der Waals surface area contributed by atoms with Crippen molar-refractivity contribution in [2.45, 2.75) is 32.5 Å². The fraction of sp³-hybridized carbons (Fsp3) is 0.269. The Morgan fingerprint density at radius 3 is 2.45 bits per heavy atom. The lowest BCUT2D eigenvalue weighted by Gasteiger charge is -2.14. The Morgan fingerprint density at radius 1 is 1.11 bits per heavy atom. The smallest absolute Gasteiger partial charge is 0.321 e. The van der Waals surface area contributed by atoms with Gasteiger partial charge in [-0.05, 0) is 44.5 Å². The van der Waals surface area contributed by atoms with E-state index in [9.17, 15) is 26.4 Å². The van der Waals surface area contributed by atoms with E-state index < -0.39 is 33.5 Å². The summed E-state index contributed by atoms with van der Waals surface area (Å²) in [5.74, 6) is -0.772. The minimum Gasteiger partial charge on any atom is -0.321 e. The molecule has 4 aromatic rings. The maximum atomic E-state index is 13.6. The second kappa shape index (κ2) is 9.39. The predicted octanol–water partition coefficient (Wildman–Crippen LogP) is 6.00. The number of pyridine rings is 1. The van der Waals surface area contributed by atoms with Crippen molar-refractivity contribution in [3.63, 3.8) is 0 Å². The number of fused-ring (bicyclic) bond motifs is 1. The largest absolute Gasteiger partial charge is 0.416 e. The zero-order valence-electron chi connectivity index (χ0n) is 20.3. The molecule has 1 saturated heterocycles. The molecule has 3 heterocycles. The van der Waals surface area contributed by atoms with Gasteiger partial charge in [-0.15, -0.1) is 0 Å². The number of carbonyl (C=O) groups is 1. The van der Waals surface area contributed by atoms with Crippen LogP contribution in [0.25, 0.3) is 22.3 Å². The Bertz CT molecular complexity index is 1680. The lowest BCUT2D eigenvalue weighted by molar-refractivity contribution is -0.137. The normalized spacial score (nSPS) is 17.2.